The summed E-state index contributed by atoms with van der Waals surface area (Å²) < 4.78 is 2.39. The van der Waals surface area contributed by atoms with Crippen LogP contribution in [0.1, 0.15) is 105 Å². The molecular formula is C118H98BN9. The molecule has 618 valence electrons. The fourth-order valence-corrected chi connectivity index (χ4v) is 18.6. The molecule has 0 atom stereocenters. The summed E-state index contributed by atoms with van der Waals surface area (Å²) in [6.45, 7) is 27.9. The minimum Gasteiger partial charge on any atom is -0.311 e. The summed E-state index contributed by atoms with van der Waals surface area (Å²) in [5, 5.41) is 2.16. The van der Waals surface area contributed by atoms with Crippen molar-refractivity contribution in [1.29, 1.82) is 0 Å². The van der Waals surface area contributed by atoms with Gasteiger partial charge in [-0.05, 0) is 201 Å². The van der Waals surface area contributed by atoms with Gasteiger partial charge in [0, 0.05) is 78.3 Å². The van der Waals surface area contributed by atoms with Gasteiger partial charge in [-0.1, -0.05) is 374 Å². The zero-order valence-electron chi connectivity index (χ0n) is 74.4. The van der Waals surface area contributed by atoms with Gasteiger partial charge in [-0.25, -0.2) is 29.9 Å². The van der Waals surface area contributed by atoms with Gasteiger partial charge in [0.15, 0.2) is 34.9 Å². The molecule has 10 heteroatoms. The maximum absolute atomic E-state index is 5.51. The molecular weight excluding hydrogens is 1550 g/mol. The zero-order chi connectivity index (χ0) is 87.5. The minimum atomic E-state index is -0.251. The summed E-state index contributed by atoms with van der Waals surface area (Å²) in [4.78, 5) is 37.2. The van der Waals surface area contributed by atoms with Crippen molar-refractivity contribution < 1.29 is 0 Å². The highest BCUT2D eigenvalue weighted by Crippen LogP contribution is 2.50. The molecule has 2 aliphatic rings. The Morgan fingerprint density at radius 1 is 0.203 bits per heavy atom. The SMILES string of the molecule is CC(C)(C)c1cc(-c2ccc3c(c2)B2c4cc(-c5cc(C(C)(C)C)cc(C(C)(C)C)c5)ccc4N(c4ccc(-c5ccccc5)cc4)c4cc(-c5ccc6c(c5)c5ccccc5n6-c5ccc(-c6nc(-c7ccccc7)nc(-c7ccccc7)n6)cc5-c5nc(-c6ccccc6)nc(-c6ccccc6)n5)cc(c42)N3c2ccc(-c3ccccc3)cc2)cc(C(C)(C)C)c1. The first kappa shape index (κ1) is 80.1. The number of hydrogen-bond acceptors (Lipinski definition) is 8. The van der Waals surface area contributed by atoms with Gasteiger partial charge >= 0.3 is 0 Å². The molecule has 5 heterocycles. The molecule has 0 unspecified atom stereocenters. The average Bonchev–Trinajstić information content (AvgIpc) is 0.776. The molecule has 19 aromatic rings. The van der Waals surface area contributed by atoms with Crippen LogP contribution < -0.4 is 26.2 Å². The van der Waals surface area contributed by atoms with Gasteiger partial charge in [-0.15, -0.1) is 0 Å². The Labute approximate surface area is 751 Å². The predicted molar refractivity (Wildman–Crippen MR) is 536 cm³/mol. The molecule has 2 aliphatic heterocycles. The Balaban J connectivity index is 0.822. The van der Waals surface area contributed by atoms with Crippen molar-refractivity contribution in [2.75, 3.05) is 9.80 Å². The maximum atomic E-state index is 5.51. The average molecular weight is 1650 g/mol. The number of anilines is 6. The van der Waals surface area contributed by atoms with Crippen LogP contribution in [0.4, 0.5) is 34.1 Å². The summed E-state index contributed by atoms with van der Waals surface area (Å²) in [5.74, 6) is 3.22. The van der Waals surface area contributed by atoms with Crippen LogP contribution >= 0.6 is 0 Å². The molecule has 0 saturated heterocycles. The molecule has 128 heavy (non-hydrogen) atoms. The van der Waals surface area contributed by atoms with Crippen molar-refractivity contribution in [3.8, 4) is 130 Å². The molecule has 0 saturated carbocycles. The Morgan fingerprint density at radius 2 is 0.500 bits per heavy atom. The second-order valence-corrected chi connectivity index (χ2v) is 38.4. The van der Waals surface area contributed by atoms with Gasteiger partial charge in [0.25, 0.3) is 6.71 Å². The lowest BCUT2D eigenvalue weighted by atomic mass is 9.33. The van der Waals surface area contributed by atoms with E-state index < -0.39 is 0 Å². The molecule has 21 rings (SSSR count). The summed E-state index contributed by atoms with van der Waals surface area (Å²) in [5.41, 5.74) is 34.5. The molecule has 0 N–H and O–H groups in total. The molecule has 3 aromatic heterocycles. The van der Waals surface area contributed by atoms with Gasteiger partial charge in [-0.2, -0.15) is 0 Å². The fourth-order valence-electron chi connectivity index (χ4n) is 18.6. The smallest absolute Gasteiger partial charge is 0.252 e. The summed E-state index contributed by atoms with van der Waals surface area (Å²) in [6.07, 6.45) is 0. The number of rotatable bonds is 14. The van der Waals surface area contributed by atoms with Crippen molar-refractivity contribution in [3.63, 3.8) is 0 Å². The second kappa shape index (κ2) is 31.6. The monoisotopic (exact) mass is 1650 g/mol. The first-order chi connectivity index (χ1) is 61.9. The number of aromatic nitrogens is 7. The lowest BCUT2D eigenvalue weighted by molar-refractivity contribution is 0.568. The van der Waals surface area contributed by atoms with Gasteiger partial charge in [0.05, 0.1) is 16.7 Å². The molecule has 0 spiro atoms. The summed E-state index contributed by atoms with van der Waals surface area (Å²) in [6, 6.07) is 138. The molecule has 0 amide bonds. The predicted octanol–water partition coefficient (Wildman–Crippen LogP) is 28.8. The highest BCUT2D eigenvalue weighted by molar-refractivity contribution is 7.00. The van der Waals surface area contributed by atoms with Crippen LogP contribution in [-0.4, -0.2) is 41.2 Å². The fraction of sp³-hybridized carbons (Fsp3) is 0.136. The Kier molecular flexibility index (Phi) is 19.8. The van der Waals surface area contributed by atoms with Gasteiger partial charge < -0.3 is 14.4 Å². The molecule has 0 bridgehead atoms. The molecule has 0 aliphatic carbocycles. The van der Waals surface area contributed by atoms with E-state index in [2.05, 4.69) is 377 Å². The minimum absolute atomic E-state index is 0.105. The normalized spacial score (nSPS) is 12.6. The highest BCUT2D eigenvalue weighted by Gasteiger charge is 2.45. The van der Waals surface area contributed by atoms with Crippen molar-refractivity contribution in [3.05, 3.63) is 398 Å². The lowest BCUT2D eigenvalue weighted by Crippen LogP contribution is -2.61. The number of para-hydroxylation sites is 1. The number of nitrogens with zero attached hydrogens (tertiary/aromatic N) is 9. The molecule has 16 aromatic carbocycles. The van der Waals surface area contributed by atoms with E-state index in [-0.39, 0.29) is 28.4 Å². The topological polar surface area (TPSA) is 88.8 Å². The largest absolute Gasteiger partial charge is 0.311 e. The maximum Gasteiger partial charge on any atom is 0.252 e. The van der Waals surface area contributed by atoms with Gasteiger partial charge in [-0.3, -0.25) is 0 Å². The van der Waals surface area contributed by atoms with E-state index in [9.17, 15) is 0 Å². The van der Waals surface area contributed by atoms with E-state index in [4.69, 9.17) is 29.9 Å². The Morgan fingerprint density at radius 3 is 0.891 bits per heavy atom. The molecule has 0 fully saturated rings. The molecule has 9 nitrogen and oxygen atoms in total. The van der Waals surface area contributed by atoms with Crippen molar-refractivity contribution in [2.45, 2.75) is 105 Å². The standard InChI is InChI=1S/C118H98BN9/c1-115(2,3)90-63-87(64-91(73-90)116(4,5)6)84-52-61-104-99(69-84)119-100-70-85(88-65-92(117(7,8)9)74-93(66-88)118(10,11)12)53-62-105(100)127(95-57-49-78(50-58-95)76-35-21-14-22-36-76)107-72-89(71-106(108(107)119)126(104)94-55-47-77(48-56-94)75-33-19-13-20-34-75)83-51-59-102-97(67-83)96-45-31-32-46-101(96)128(102)103-60-54-86(113-122-109(79-37-23-15-24-38-79)120-110(123-113)80-39-25-16-26-40-80)68-98(103)114-124-111(81-41-27-17-28-42-81)121-112(125-114)82-43-29-18-30-44-82/h13-74H,1-12H3. The zero-order valence-corrected chi connectivity index (χ0v) is 74.4. The van der Waals surface area contributed by atoms with E-state index in [0.29, 0.717) is 34.9 Å². The third-order valence-electron chi connectivity index (χ3n) is 25.7. The second-order valence-electron chi connectivity index (χ2n) is 38.4. The van der Waals surface area contributed by atoms with Crippen LogP contribution in [0.15, 0.2) is 376 Å². The van der Waals surface area contributed by atoms with E-state index in [0.717, 1.165) is 128 Å². The summed E-state index contributed by atoms with van der Waals surface area (Å²) in [7, 11) is 0. The van der Waals surface area contributed by atoms with Crippen LogP contribution in [0.5, 0.6) is 0 Å². The third kappa shape index (κ3) is 14.9. The molecule has 0 radical (unpaired) electrons. The van der Waals surface area contributed by atoms with Crippen molar-refractivity contribution in [1.82, 2.24) is 34.5 Å². The van der Waals surface area contributed by atoms with Crippen LogP contribution in [0.3, 0.4) is 0 Å². The van der Waals surface area contributed by atoms with E-state index in [1.807, 2.05) is 97.1 Å². The first-order valence-corrected chi connectivity index (χ1v) is 44.6. The van der Waals surface area contributed by atoms with E-state index in [1.165, 1.54) is 60.9 Å². The van der Waals surface area contributed by atoms with Crippen molar-refractivity contribution in [2.24, 2.45) is 0 Å². The Bertz CT molecular complexity index is 7080. The van der Waals surface area contributed by atoms with Crippen LogP contribution in [-0.2, 0) is 21.7 Å². The Hall–Kier alpha value is -15.0. The first-order valence-electron chi connectivity index (χ1n) is 44.6. The van der Waals surface area contributed by atoms with Crippen molar-refractivity contribution >= 4 is 79.0 Å². The number of benzene rings is 16. The van der Waals surface area contributed by atoms with Crippen LogP contribution in [0.2, 0.25) is 0 Å². The van der Waals surface area contributed by atoms with E-state index in [1.54, 1.807) is 0 Å². The van der Waals surface area contributed by atoms with E-state index >= 15 is 0 Å². The van der Waals surface area contributed by atoms with Gasteiger partial charge in [0.1, 0.15) is 0 Å². The lowest BCUT2D eigenvalue weighted by Gasteiger charge is -2.45. The number of hydrogen-bond donors (Lipinski definition) is 0. The van der Waals surface area contributed by atoms with Gasteiger partial charge in [0.2, 0.25) is 0 Å². The highest BCUT2D eigenvalue weighted by atomic mass is 15.2. The quantitative estimate of drug-likeness (QED) is 0.0995. The van der Waals surface area contributed by atoms with Crippen LogP contribution in [0, 0.1) is 0 Å². The third-order valence-corrected chi connectivity index (χ3v) is 25.7. The summed E-state index contributed by atoms with van der Waals surface area (Å²) >= 11 is 0. The van der Waals surface area contributed by atoms with Crippen LogP contribution in [0.25, 0.3) is 151 Å². The number of fused-ring (bicyclic) bond motifs is 7.